The van der Waals surface area contributed by atoms with E-state index in [1.54, 1.807) is 0 Å². The van der Waals surface area contributed by atoms with Gasteiger partial charge in [0.25, 0.3) is 0 Å². The van der Waals surface area contributed by atoms with Gasteiger partial charge in [-0.3, -0.25) is 9.78 Å². The van der Waals surface area contributed by atoms with Gasteiger partial charge in [0.05, 0.1) is 0 Å². The first-order valence-electron chi connectivity index (χ1n) is 17.0. The molecule has 0 saturated heterocycles. The summed E-state index contributed by atoms with van der Waals surface area (Å²) in [4.78, 5) is 13.7. The fourth-order valence-electron chi connectivity index (χ4n) is 7.48. The highest BCUT2D eigenvalue weighted by molar-refractivity contribution is 5.82. The zero-order valence-electron chi connectivity index (χ0n) is 28.1. The lowest BCUT2D eigenvalue weighted by atomic mass is 9.88. The molecule has 0 N–H and O–H groups in total. The molecule has 2 nitrogen and oxygen atoms in total. The van der Waals surface area contributed by atoms with Gasteiger partial charge in [0.15, 0.2) is 11.5 Å². The van der Waals surface area contributed by atoms with Gasteiger partial charge in [-0.1, -0.05) is 116 Å². The first-order valence-corrected chi connectivity index (χ1v) is 17.0. The molecule has 2 aliphatic carbocycles. The van der Waals surface area contributed by atoms with Gasteiger partial charge >= 0.3 is 0 Å². The molecule has 0 fully saturated rings. The Bertz CT molecular complexity index is 1550. The number of benzene rings is 4. The standard InChI is InChI=1S/C42H50O2/c1-25(2)17-31-23-37-33-15-11-9-13-29(33)21-39(37)41(35(31)19-27(5)6)43-44-42-36(20-28(7)8)32(18-26(3)4)24-38-34-16-12-10-14-30(34)22-40(38)42/h9-16,23-28H,17-22H2,1-8H3. The van der Waals surface area contributed by atoms with Gasteiger partial charge in [0.1, 0.15) is 0 Å². The van der Waals surface area contributed by atoms with Gasteiger partial charge in [0, 0.05) is 35.1 Å². The summed E-state index contributed by atoms with van der Waals surface area (Å²) in [6, 6.07) is 22.6. The normalized spacial score (nSPS) is 13.1. The van der Waals surface area contributed by atoms with Crippen LogP contribution in [-0.4, -0.2) is 0 Å². The van der Waals surface area contributed by atoms with Crippen LogP contribution < -0.4 is 9.78 Å². The number of fused-ring (bicyclic) bond motifs is 6. The van der Waals surface area contributed by atoms with Crippen molar-refractivity contribution in [3.8, 4) is 33.8 Å². The summed E-state index contributed by atoms with van der Waals surface area (Å²) in [7, 11) is 0. The van der Waals surface area contributed by atoms with E-state index in [2.05, 4.69) is 116 Å². The average molecular weight is 587 g/mol. The van der Waals surface area contributed by atoms with Crippen LogP contribution in [0.15, 0.2) is 60.7 Å². The van der Waals surface area contributed by atoms with Crippen LogP contribution in [0.2, 0.25) is 0 Å². The zero-order valence-corrected chi connectivity index (χ0v) is 28.1. The Morgan fingerprint density at radius 3 is 1.20 bits per heavy atom. The highest BCUT2D eigenvalue weighted by Gasteiger charge is 2.31. The monoisotopic (exact) mass is 586 g/mol. The predicted octanol–water partition coefficient (Wildman–Crippen LogP) is 11.0. The summed E-state index contributed by atoms with van der Waals surface area (Å²) in [6.45, 7) is 18.5. The molecule has 0 aliphatic heterocycles. The van der Waals surface area contributed by atoms with Gasteiger partial charge in [-0.25, -0.2) is 0 Å². The average Bonchev–Trinajstić information content (AvgIpc) is 3.51. The second kappa shape index (κ2) is 12.5. The van der Waals surface area contributed by atoms with Crippen LogP contribution >= 0.6 is 0 Å². The third kappa shape index (κ3) is 5.93. The second-order valence-electron chi connectivity index (χ2n) is 15.0. The van der Waals surface area contributed by atoms with Gasteiger partial charge in [0.2, 0.25) is 0 Å². The van der Waals surface area contributed by atoms with E-state index in [4.69, 9.17) is 9.78 Å². The molecular weight excluding hydrogens is 536 g/mol. The predicted molar refractivity (Wildman–Crippen MR) is 185 cm³/mol. The molecule has 6 rings (SSSR count). The molecule has 0 spiro atoms. The third-order valence-corrected chi connectivity index (χ3v) is 9.20. The van der Waals surface area contributed by atoms with Crippen LogP contribution in [0.5, 0.6) is 11.5 Å². The summed E-state index contributed by atoms with van der Waals surface area (Å²) in [5.74, 6) is 4.03. The first-order chi connectivity index (χ1) is 21.1. The fraction of sp³-hybridized carbons (Fsp3) is 0.429. The smallest absolute Gasteiger partial charge is 0.186 e. The van der Waals surface area contributed by atoms with Crippen molar-refractivity contribution in [2.24, 2.45) is 23.7 Å². The molecule has 0 atom stereocenters. The van der Waals surface area contributed by atoms with E-state index in [9.17, 15) is 0 Å². The lowest BCUT2D eigenvalue weighted by Gasteiger charge is -2.24. The molecule has 0 saturated carbocycles. The molecule has 0 amide bonds. The SMILES string of the molecule is CC(C)Cc1cc2c(c(OOc3c(CC(C)C)c(CC(C)C)cc4c3Cc3ccccc3-4)c1CC(C)C)Cc1ccccc1-2. The molecule has 0 bridgehead atoms. The number of rotatable bonds is 11. The van der Waals surface area contributed by atoms with Gasteiger partial charge in [-0.15, -0.1) is 0 Å². The molecule has 44 heavy (non-hydrogen) atoms. The molecule has 0 unspecified atom stereocenters. The molecule has 0 aromatic heterocycles. The Hall–Kier alpha value is -3.52. The lowest BCUT2D eigenvalue weighted by molar-refractivity contribution is -0.103. The van der Waals surface area contributed by atoms with Crippen molar-refractivity contribution in [2.45, 2.75) is 93.9 Å². The number of hydrogen-bond donors (Lipinski definition) is 0. The minimum Gasteiger partial charge on any atom is -0.289 e. The molecule has 4 aromatic rings. The Morgan fingerprint density at radius 2 is 0.841 bits per heavy atom. The highest BCUT2D eigenvalue weighted by atomic mass is 17.2. The maximum atomic E-state index is 6.83. The molecule has 4 aromatic carbocycles. The Morgan fingerprint density at radius 1 is 0.477 bits per heavy atom. The summed E-state index contributed by atoms with van der Waals surface area (Å²) < 4.78 is 0. The second-order valence-corrected chi connectivity index (χ2v) is 15.0. The zero-order chi connectivity index (χ0) is 31.1. The minimum atomic E-state index is 0.509. The minimum absolute atomic E-state index is 0.509. The van der Waals surface area contributed by atoms with Crippen molar-refractivity contribution >= 4 is 0 Å². The Kier molecular flexibility index (Phi) is 8.64. The molecule has 0 heterocycles. The van der Waals surface area contributed by atoms with Gasteiger partial charge < -0.3 is 0 Å². The van der Waals surface area contributed by atoms with Crippen molar-refractivity contribution in [3.05, 3.63) is 105 Å². The van der Waals surface area contributed by atoms with Gasteiger partial charge in [-0.2, -0.15) is 0 Å². The molecular formula is C42H50O2. The van der Waals surface area contributed by atoms with Gasteiger partial charge in [-0.05, 0) is 93.9 Å². The van der Waals surface area contributed by atoms with Crippen LogP contribution in [0.4, 0.5) is 0 Å². The van der Waals surface area contributed by atoms with Crippen LogP contribution in [-0.2, 0) is 38.5 Å². The lowest BCUT2D eigenvalue weighted by Crippen LogP contribution is -2.14. The van der Waals surface area contributed by atoms with Crippen molar-refractivity contribution in [2.75, 3.05) is 0 Å². The van der Waals surface area contributed by atoms with Crippen molar-refractivity contribution in [1.29, 1.82) is 0 Å². The Labute approximate surface area is 265 Å². The number of hydrogen-bond acceptors (Lipinski definition) is 2. The largest absolute Gasteiger partial charge is 0.289 e. The quantitative estimate of drug-likeness (QED) is 0.111. The van der Waals surface area contributed by atoms with E-state index in [1.165, 1.54) is 66.8 Å². The van der Waals surface area contributed by atoms with E-state index >= 15 is 0 Å². The summed E-state index contributed by atoms with van der Waals surface area (Å²) >= 11 is 0. The van der Waals surface area contributed by atoms with Crippen LogP contribution in [0.25, 0.3) is 22.3 Å². The summed E-state index contributed by atoms with van der Waals surface area (Å²) in [5.41, 5.74) is 16.1. The fourth-order valence-corrected chi connectivity index (χ4v) is 7.48. The molecule has 0 radical (unpaired) electrons. The van der Waals surface area contributed by atoms with Crippen LogP contribution in [0.3, 0.4) is 0 Å². The summed E-state index contributed by atoms with van der Waals surface area (Å²) in [6.07, 6.45) is 5.77. The van der Waals surface area contributed by atoms with Crippen LogP contribution in [0, 0.1) is 23.7 Å². The maximum absolute atomic E-state index is 6.83. The first kappa shape index (κ1) is 30.5. The van der Waals surface area contributed by atoms with Crippen molar-refractivity contribution < 1.29 is 9.78 Å². The maximum Gasteiger partial charge on any atom is 0.186 e. The van der Waals surface area contributed by atoms with E-state index in [-0.39, 0.29) is 0 Å². The van der Waals surface area contributed by atoms with Crippen molar-refractivity contribution in [1.82, 2.24) is 0 Å². The van der Waals surface area contributed by atoms with Crippen molar-refractivity contribution in [3.63, 3.8) is 0 Å². The highest BCUT2D eigenvalue weighted by Crippen LogP contribution is 2.48. The molecule has 2 aliphatic rings. The van der Waals surface area contributed by atoms with E-state index in [0.717, 1.165) is 50.0 Å². The van der Waals surface area contributed by atoms with E-state index < -0.39 is 0 Å². The summed E-state index contributed by atoms with van der Waals surface area (Å²) in [5, 5.41) is 0. The van der Waals surface area contributed by atoms with Crippen LogP contribution in [0.1, 0.15) is 99.9 Å². The molecule has 2 heteroatoms. The molecule has 230 valence electrons. The Balaban J connectivity index is 1.52. The van der Waals surface area contributed by atoms with E-state index in [1.807, 2.05) is 0 Å². The topological polar surface area (TPSA) is 18.5 Å². The van der Waals surface area contributed by atoms with E-state index in [0.29, 0.717) is 23.7 Å². The third-order valence-electron chi connectivity index (χ3n) is 9.20.